The highest BCUT2D eigenvalue weighted by Crippen LogP contribution is 2.46. The lowest BCUT2D eigenvalue weighted by Gasteiger charge is -2.46. The fourth-order valence-corrected chi connectivity index (χ4v) is 9.03. The maximum Gasteiger partial charge on any atom is 0.338 e. The molecule has 2 aliphatic carbocycles. The summed E-state index contributed by atoms with van der Waals surface area (Å²) in [5.41, 5.74) is -0.193. The summed E-state index contributed by atoms with van der Waals surface area (Å²) in [6.07, 6.45) is 6.36. The van der Waals surface area contributed by atoms with Crippen LogP contribution in [-0.2, 0) is 28.5 Å². The molecule has 0 bridgehead atoms. The van der Waals surface area contributed by atoms with Crippen LogP contribution in [0.5, 0.6) is 0 Å². The third-order valence-corrected chi connectivity index (χ3v) is 11.5. The molecular weight excluding hydrogens is 632 g/mol. The van der Waals surface area contributed by atoms with Crippen LogP contribution in [0.3, 0.4) is 0 Å². The molecule has 0 aromatic heterocycles. The van der Waals surface area contributed by atoms with Crippen LogP contribution in [0.4, 0.5) is 0 Å². The summed E-state index contributed by atoms with van der Waals surface area (Å²) < 4.78 is 24.2. The van der Waals surface area contributed by atoms with Crippen LogP contribution in [0.15, 0.2) is 60.7 Å². The van der Waals surface area contributed by atoms with Crippen molar-refractivity contribution < 1.29 is 43.2 Å². The molecule has 0 unspecified atom stereocenters. The number of ether oxygens (including phenoxy) is 4. The summed E-state index contributed by atoms with van der Waals surface area (Å²) in [4.78, 5) is 51.2. The van der Waals surface area contributed by atoms with Gasteiger partial charge in [-0.05, 0) is 68.7 Å². The van der Waals surface area contributed by atoms with Crippen LogP contribution < -0.4 is 0 Å². The van der Waals surface area contributed by atoms with E-state index in [2.05, 4.69) is 0 Å². The predicted octanol–water partition coefficient (Wildman–Crippen LogP) is 6.70. The van der Waals surface area contributed by atoms with Gasteiger partial charge in [0.25, 0.3) is 0 Å². The molecule has 48 heavy (non-hydrogen) atoms. The summed E-state index contributed by atoms with van der Waals surface area (Å²) in [6.45, 7) is 1.11. The van der Waals surface area contributed by atoms with Crippen LogP contribution in [0.1, 0.15) is 105 Å². The van der Waals surface area contributed by atoms with E-state index >= 15 is 0 Å². The highest BCUT2D eigenvalue weighted by Gasteiger charge is 2.52. The topological polar surface area (TPSA) is 125 Å². The van der Waals surface area contributed by atoms with E-state index < -0.39 is 47.8 Å². The Bertz CT molecular complexity index is 1320. The van der Waals surface area contributed by atoms with Crippen molar-refractivity contribution in [1.82, 2.24) is 0 Å². The van der Waals surface area contributed by atoms with Crippen molar-refractivity contribution in [3.05, 3.63) is 71.8 Å². The monoisotopic (exact) mass is 680 g/mol. The Morgan fingerprint density at radius 1 is 0.750 bits per heavy atom. The molecule has 5 rings (SSSR count). The van der Waals surface area contributed by atoms with Crippen molar-refractivity contribution in [2.24, 2.45) is 11.8 Å². The van der Waals surface area contributed by atoms with Gasteiger partial charge in [0.1, 0.15) is 30.0 Å². The first kappa shape index (κ1) is 36.1. The first-order chi connectivity index (χ1) is 23.3. The van der Waals surface area contributed by atoms with E-state index in [-0.39, 0.29) is 36.0 Å². The quantitative estimate of drug-likeness (QED) is 0.181. The molecular formula is C38H48O9S. The van der Waals surface area contributed by atoms with E-state index in [1.165, 1.54) is 19.8 Å². The lowest BCUT2D eigenvalue weighted by atomic mass is 9.77. The normalized spacial score (nSPS) is 25.3. The number of hydrogen-bond donors (Lipinski definition) is 1. The largest absolute Gasteiger partial charge is 0.459 e. The van der Waals surface area contributed by atoms with Gasteiger partial charge in [0.2, 0.25) is 0 Å². The molecule has 0 amide bonds. The lowest BCUT2D eigenvalue weighted by molar-refractivity contribution is -0.219. The number of rotatable bonds is 13. The van der Waals surface area contributed by atoms with Gasteiger partial charge in [-0.3, -0.25) is 4.79 Å². The summed E-state index contributed by atoms with van der Waals surface area (Å²) >= 11 is 1.61. The second-order valence-electron chi connectivity index (χ2n) is 13.3. The fourth-order valence-electron chi connectivity index (χ4n) is 7.16. The maximum absolute atomic E-state index is 13.4. The van der Waals surface area contributed by atoms with E-state index in [0.29, 0.717) is 17.4 Å². The van der Waals surface area contributed by atoms with Gasteiger partial charge in [0.15, 0.2) is 12.2 Å². The van der Waals surface area contributed by atoms with E-state index in [9.17, 15) is 24.3 Å². The van der Waals surface area contributed by atoms with Gasteiger partial charge in [-0.15, -0.1) is 11.8 Å². The van der Waals surface area contributed by atoms with Gasteiger partial charge < -0.3 is 28.8 Å². The van der Waals surface area contributed by atoms with Crippen molar-refractivity contribution in [1.29, 1.82) is 0 Å². The van der Waals surface area contributed by atoms with Gasteiger partial charge in [-0.25, -0.2) is 9.59 Å². The Balaban J connectivity index is 1.46. The second kappa shape index (κ2) is 18.0. The first-order valence-corrected chi connectivity index (χ1v) is 18.4. The molecule has 3 aliphatic rings. The van der Waals surface area contributed by atoms with E-state index in [0.717, 1.165) is 51.4 Å². The van der Waals surface area contributed by atoms with Gasteiger partial charge in [0.05, 0.1) is 17.5 Å². The molecule has 1 saturated heterocycles. The number of carbonyl (C=O) groups is 4. The Hall–Kier alpha value is -3.21. The Morgan fingerprint density at radius 2 is 1.29 bits per heavy atom. The molecule has 2 aromatic carbocycles. The van der Waals surface area contributed by atoms with E-state index in [4.69, 9.17) is 18.9 Å². The number of hydrogen-bond acceptors (Lipinski definition) is 10. The maximum atomic E-state index is 13.4. The van der Waals surface area contributed by atoms with Crippen LogP contribution in [0.25, 0.3) is 0 Å². The second-order valence-corrected chi connectivity index (χ2v) is 14.6. The van der Waals surface area contributed by atoms with Crippen molar-refractivity contribution in [3.8, 4) is 0 Å². The Morgan fingerprint density at radius 3 is 1.83 bits per heavy atom. The summed E-state index contributed by atoms with van der Waals surface area (Å²) in [5.74, 6) is -1.15. The number of carbonyl (C=O) groups excluding carboxylic acids is 4. The third-order valence-electron chi connectivity index (χ3n) is 9.73. The molecule has 2 aromatic rings. The zero-order chi connectivity index (χ0) is 33.9. The van der Waals surface area contributed by atoms with Crippen molar-refractivity contribution in [3.63, 3.8) is 0 Å². The number of aliphatic hydroxyl groups excluding tert-OH is 1. The average molecular weight is 681 g/mol. The van der Waals surface area contributed by atoms with Gasteiger partial charge in [-0.2, -0.15) is 0 Å². The summed E-state index contributed by atoms with van der Waals surface area (Å²) in [5, 5.41) is 11.9. The molecule has 0 spiro atoms. The predicted molar refractivity (Wildman–Crippen MR) is 181 cm³/mol. The minimum Gasteiger partial charge on any atom is -0.459 e. The van der Waals surface area contributed by atoms with Gasteiger partial charge in [-0.1, -0.05) is 74.9 Å². The fraction of sp³-hybridized carbons (Fsp3) is 0.579. The molecule has 5 atom stereocenters. The number of esters is 3. The molecule has 260 valence electrons. The van der Waals surface area contributed by atoms with Crippen molar-refractivity contribution >= 4 is 35.5 Å². The van der Waals surface area contributed by atoms with Gasteiger partial charge in [0, 0.05) is 11.7 Å². The SMILES string of the molecule is CC(=O)CCC(=O)O[C@@H]1[C@@H](OC(=O)c2ccccc2)[C@@H](O)[C@@H](COC(=O)c2ccccc2)O[C@@H]1SC(C1CCCCC1)C1CCCCC1. The Kier molecular flexibility index (Phi) is 13.5. The highest BCUT2D eigenvalue weighted by molar-refractivity contribution is 8.00. The standard InChI is InChI=1S/C38H48O9S/c1-25(39)22-23-31(40)46-34-33(47-37(43)29-20-12-5-13-21-29)32(41)30(24-44-36(42)28-18-10-4-11-19-28)45-38(34)48-35(26-14-6-2-7-15-26)27-16-8-3-9-17-27/h4-5,10-13,18-21,26-27,30,32-35,38,41H,2-3,6-9,14-17,22-24H2,1H3/t30-,32+,33+,34-,38-/m1/s1. The molecule has 1 N–H and O–H groups in total. The molecule has 9 nitrogen and oxygen atoms in total. The summed E-state index contributed by atoms with van der Waals surface area (Å²) in [7, 11) is 0. The highest BCUT2D eigenvalue weighted by atomic mass is 32.2. The molecule has 3 fully saturated rings. The zero-order valence-electron chi connectivity index (χ0n) is 27.7. The number of aliphatic hydroxyl groups is 1. The number of ketones is 1. The lowest BCUT2D eigenvalue weighted by Crippen LogP contribution is -2.61. The molecule has 1 heterocycles. The van der Waals surface area contributed by atoms with Crippen LogP contribution in [0.2, 0.25) is 0 Å². The smallest absolute Gasteiger partial charge is 0.338 e. The molecule has 1 aliphatic heterocycles. The molecule has 10 heteroatoms. The molecule has 0 radical (unpaired) electrons. The van der Waals surface area contributed by atoms with E-state index in [1.807, 2.05) is 0 Å². The summed E-state index contributed by atoms with van der Waals surface area (Å²) in [6, 6.07) is 16.9. The number of thioether (sulfide) groups is 1. The Labute approximate surface area is 287 Å². The number of Topliss-reactive ketones (excluding diaryl/α,β-unsaturated/α-hetero) is 1. The average Bonchev–Trinajstić information content (AvgIpc) is 3.12. The van der Waals surface area contributed by atoms with Crippen LogP contribution in [-0.4, -0.2) is 70.5 Å². The minimum absolute atomic E-state index is 0.00603. The first-order valence-electron chi connectivity index (χ1n) is 17.5. The van der Waals surface area contributed by atoms with Crippen LogP contribution >= 0.6 is 11.8 Å². The van der Waals surface area contributed by atoms with Crippen LogP contribution in [0, 0.1) is 11.8 Å². The number of benzene rings is 2. The van der Waals surface area contributed by atoms with Crippen molar-refractivity contribution in [2.75, 3.05) is 6.61 Å². The van der Waals surface area contributed by atoms with Crippen molar-refractivity contribution in [2.45, 2.75) is 119 Å². The van der Waals surface area contributed by atoms with Gasteiger partial charge >= 0.3 is 17.9 Å². The zero-order valence-corrected chi connectivity index (χ0v) is 28.5. The third kappa shape index (κ3) is 9.92. The minimum atomic E-state index is -1.48. The van der Waals surface area contributed by atoms with E-state index in [1.54, 1.807) is 72.4 Å². The molecule has 2 saturated carbocycles.